The summed E-state index contributed by atoms with van der Waals surface area (Å²) in [6.45, 7) is 7.41. The van der Waals surface area contributed by atoms with E-state index in [1.165, 1.54) is 5.06 Å². The minimum atomic E-state index is -0.831. The summed E-state index contributed by atoms with van der Waals surface area (Å²) in [5.41, 5.74) is -2.22. The number of epoxide rings is 1. The normalized spacial score (nSPS) is 32.6. The van der Waals surface area contributed by atoms with Gasteiger partial charge in [0.25, 0.3) is 0 Å². The second-order valence-electron chi connectivity index (χ2n) is 6.70. The van der Waals surface area contributed by atoms with Crippen LogP contribution in [0.15, 0.2) is 0 Å². The van der Waals surface area contributed by atoms with Crippen LogP contribution >= 0.6 is 0 Å². The van der Waals surface area contributed by atoms with Crippen molar-refractivity contribution in [3.8, 4) is 0 Å². The van der Waals surface area contributed by atoms with Crippen LogP contribution < -0.4 is 0 Å². The Morgan fingerprint density at radius 3 is 1.71 bits per heavy atom. The van der Waals surface area contributed by atoms with Crippen LogP contribution in [0.5, 0.6) is 0 Å². The molecule has 3 N–H and O–H groups in total. The van der Waals surface area contributed by atoms with Gasteiger partial charge in [-0.1, -0.05) is 0 Å². The summed E-state index contributed by atoms with van der Waals surface area (Å²) in [6, 6.07) is 0. The summed E-state index contributed by atoms with van der Waals surface area (Å²) < 4.78 is 5.71. The molecule has 0 aromatic heterocycles. The van der Waals surface area contributed by atoms with Crippen molar-refractivity contribution in [2.24, 2.45) is 0 Å². The lowest BCUT2D eigenvalue weighted by molar-refractivity contribution is -0.253. The highest BCUT2D eigenvalue weighted by Crippen LogP contribution is 2.60. The number of nitrogens with zero attached hydrogens (tertiary/aromatic N) is 1. The van der Waals surface area contributed by atoms with E-state index in [0.29, 0.717) is 12.8 Å². The Morgan fingerprint density at radius 1 is 1.00 bits per heavy atom. The van der Waals surface area contributed by atoms with Crippen LogP contribution in [0, 0.1) is 0 Å². The first kappa shape index (κ1) is 13.2. The highest BCUT2D eigenvalue weighted by Gasteiger charge is 2.74. The van der Waals surface area contributed by atoms with E-state index in [9.17, 15) is 15.4 Å². The third-order valence-electron chi connectivity index (χ3n) is 4.27. The first-order valence-electron chi connectivity index (χ1n) is 6.06. The maximum atomic E-state index is 10.2. The predicted molar refractivity (Wildman–Crippen MR) is 61.7 cm³/mol. The monoisotopic (exact) mass is 245 g/mol. The lowest BCUT2D eigenvalue weighted by Gasteiger charge is -2.51. The molecule has 5 heteroatoms. The maximum absolute atomic E-state index is 10.2. The Balaban J connectivity index is 2.30. The van der Waals surface area contributed by atoms with Gasteiger partial charge >= 0.3 is 0 Å². The number of hydrogen-bond acceptors (Lipinski definition) is 5. The van der Waals surface area contributed by atoms with Crippen molar-refractivity contribution in [3.63, 3.8) is 0 Å². The van der Waals surface area contributed by atoms with E-state index in [2.05, 4.69) is 0 Å². The molecule has 0 amide bonds. The molecule has 100 valence electrons. The van der Waals surface area contributed by atoms with Gasteiger partial charge in [0.05, 0.1) is 13.2 Å². The summed E-state index contributed by atoms with van der Waals surface area (Å²) in [4.78, 5) is 0. The number of ether oxygens (including phenoxy) is 1. The fraction of sp³-hybridized carbons (Fsp3) is 1.00. The average molecular weight is 245 g/mol. The first-order valence-corrected chi connectivity index (χ1v) is 6.06. The van der Waals surface area contributed by atoms with Gasteiger partial charge in [-0.25, -0.2) is 0 Å². The van der Waals surface area contributed by atoms with Crippen LogP contribution in [-0.2, 0) is 4.74 Å². The molecule has 2 aliphatic heterocycles. The topological polar surface area (TPSA) is 76.5 Å². The zero-order chi connectivity index (χ0) is 13.1. The molecule has 5 nitrogen and oxygen atoms in total. The smallest absolute Gasteiger partial charge is 0.144 e. The lowest BCUT2D eigenvalue weighted by atomic mass is 9.70. The van der Waals surface area contributed by atoms with Gasteiger partial charge in [0.2, 0.25) is 0 Å². The SMILES string of the molecule is CC1(C)CC2(CC(C)(C)N1O)OC2(CO)CO. The summed E-state index contributed by atoms with van der Waals surface area (Å²) in [5.74, 6) is 0. The van der Waals surface area contributed by atoms with Gasteiger partial charge in [0, 0.05) is 11.1 Å². The predicted octanol–water partition coefficient (Wildman–Crippen LogP) is 0.521. The summed E-state index contributed by atoms with van der Waals surface area (Å²) in [5, 5.41) is 30.4. The fourth-order valence-corrected chi connectivity index (χ4v) is 3.57. The van der Waals surface area contributed by atoms with Crippen molar-refractivity contribution in [2.75, 3.05) is 13.2 Å². The molecule has 0 aromatic carbocycles. The van der Waals surface area contributed by atoms with Gasteiger partial charge in [0.15, 0.2) is 0 Å². The molecular weight excluding hydrogens is 222 g/mol. The number of hydroxylamine groups is 2. The van der Waals surface area contributed by atoms with Crippen LogP contribution in [0.3, 0.4) is 0 Å². The highest BCUT2D eigenvalue weighted by atomic mass is 16.7. The molecule has 0 unspecified atom stereocenters. The van der Waals surface area contributed by atoms with E-state index in [-0.39, 0.29) is 13.2 Å². The van der Waals surface area contributed by atoms with E-state index in [4.69, 9.17) is 4.74 Å². The second kappa shape index (κ2) is 3.42. The number of aliphatic hydroxyl groups excluding tert-OH is 2. The van der Waals surface area contributed by atoms with E-state index in [1.807, 2.05) is 27.7 Å². The Morgan fingerprint density at radius 2 is 1.41 bits per heavy atom. The minimum absolute atomic E-state index is 0.179. The molecular formula is C12H23NO4. The van der Waals surface area contributed by atoms with E-state index in [1.54, 1.807) is 0 Å². The lowest BCUT2D eigenvalue weighted by Crippen LogP contribution is -2.62. The maximum Gasteiger partial charge on any atom is 0.144 e. The van der Waals surface area contributed by atoms with Crippen LogP contribution in [0.4, 0.5) is 0 Å². The van der Waals surface area contributed by atoms with Gasteiger partial charge in [-0.3, -0.25) is 0 Å². The number of hydrogen-bond donors (Lipinski definition) is 3. The summed E-state index contributed by atoms with van der Waals surface area (Å²) in [6.07, 6.45) is 1.20. The number of piperidine rings is 1. The molecule has 17 heavy (non-hydrogen) atoms. The summed E-state index contributed by atoms with van der Waals surface area (Å²) in [7, 11) is 0. The Bertz CT molecular complexity index is 304. The average Bonchev–Trinajstić information content (AvgIpc) is 2.81. The molecule has 0 radical (unpaired) electrons. The molecule has 2 fully saturated rings. The van der Waals surface area contributed by atoms with Crippen LogP contribution in [-0.4, -0.2) is 56.0 Å². The Labute approximate surface area is 102 Å². The van der Waals surface area contributed by atoms with E-state index >= 15 is 0 Å². The molecule has 2 rings (SSSR count). The van der Waals surface area contributed by atoms with Crippen LogP contribution in [0.25, 0.3) is 0 Å². The molecule has 2 saturated heterocycles. The van der Waals surface area contributed by atoms with Crippen molar-refractivity contribution < 1.29 is 20.2 Å². The number of rotatable bonds is 2. The van der Waals surface area contributed by atoms with Crippen molar-refractivity contribution in [3.05, 3.63) is 0 Å². The molecule has 2 aliphatic rings. The van der Waals surface area contributed by atoms with Gasteiger partial charge in [-0.05, 0) is 40.5 Å². The van der Waals surface area contributed by atoms with Crippen molar-refractivity contribution in [1.82, 2.24) is 5.06 Å². The van der Waals surface area contributed by atoms with Crippen molar-refractivity contribution in [1.29, 1.82) is 0 Å². The van der Waals surface area contributed by atoms with Gasteiger partial charge in [-0.2, -0.15) is 5.06 Å². The van der Waals surface area contributed by atoms with Crippen LogP contribution in [0.2, 0.25) is 0 Å². The molecule has 0 aromatic rings. The van der Waals surface area contributed by atoms with Gasteiger partial charge < -0.3 is 20.2 Å². The first-order chi connectivity index (χ1) is 7.65. The molecule has 2 heterocycles. The third kappa shape index (κ3) is 1.64. The zero-order valence-corrected chi connectivity index (χ0v) is 11.0. The van der Waals surface area contributed by atoms with Gasteiger partial charge in [-0.15, -0.1) is 0 Å². The molecule has 0 bridgehead atoms. The molecule has 0 aliphatic carbocycles. The quantitative estimate of drug-likeness (QED) is 0.618. The second-order valence-corrected chi connectivity index (χ2v) is 6.70. The zero-order valence-electron chi connectivity index (χ0n) is 11.0. The fourth-order valence-electron chi connectivity index (χ4n) is 3.57. The van der Waals surface area contributed by atoms with E-state index in [0.717, 1.165) is 0 Å². The summed E-state index contributed by atoms with van der Waals surface area (Å²) >= 11 is 0. The highest BCUT2D eigenvalue weighted by molar-refractivity contribution is 5.22. The van der Waals surface area contributed by atoms with Crippen molar-refractivity contribution in [2.45, 2.75) is 62.8 Å². The molecule has 1 spiro atoms. The number of aliphatic hydroxyl groups is 2. The standard InChI is InChI=1S/C12H23NO4/c1-9(2)5-11(6-10(3,4)13(9)16)12(7-14,8-15)17-11/h14-16H,5-8H2,1-4H3. The minimum Gasteiger partial charge on any atom is -0.393 e. The third-order valence-corrected chi connectivity index (χ3v) is 4.27. The Kier molecular flexibility index (Phi) is 2.66. The molecule has 0 saturated carbocycles. The molecule has 0 atom stereocenters. The van der Waals surface area contributed by atoms with Gasteiger partial charge in [0.1, 0.15) is 11.2 Å². The Hall–Kier alpha value is -0.200. The largest absolute Gasteiger partial charge is 0.393 e. The van der Waals surface area contributed by atoms with Crippen molar-refractivity contribution >= 4 is 0 Å². The van der Waals surface area contributed by atoms with Crippen LogP contribution in [0.1, 0.15) is 40.5 Å². The van der Waals surface area contributed by atoms with E-state index < -0.39 is 22.3 Å².